The zero-order valence-corrected chi connectivity index (χ0v) is 48.2. The Kier molecular flexibility index (Phi) is 19.5. The Morgan fingerprint density at radius 3 is 2.29 bits per heavy atom. The highest BCUT2D eigenvalue weighted by molar-refractivity contribution is 7.13. The molecule has 8 rings (SSSR count). The molecule has 2 aliphatic rings. The van der Waals surface area contributed by atoms with Gasteiger partial charge in [-0.15, -0.1) is 16.4 Å². The fraction of sp³-hybridized carbons (Fsp3) is 0.467. The Morgan fingerprint density at radius 2 is 1.61 bits per heavy atom. The minimum absolute atomic E-state index is 0.0355. The summed E-state index contributed by atoms with van der Waals surface area (Å²) < 4.78 is 18.8. The predicted molar refractivity (Wildman–Crippen MR) is 308 cm³/mol. The van der Waals surface area contributed by atoms with E-state index in [1.807, 2.05) is 128 Å². The van der Waals surface area contributed by atoms with Gasteiger partial charge in [0.2, 0.25) is 17.7 Å². The topological polar surface area (TPSA) is 235 Å². The number of rotatable bonds is 22. The standard InChI is InChI=1S/C60H76N10O9S/c1-10-69(46-19-22-77-23-20-46)51-29-45(28-48(38(51)4)56(73)61-31-49-36(2)27-37(3)63-57(49)74)42-13-15-43(16-14-42)50-33-68(67-66-50)21-24-78-25-26-79-34-53(72)65-55(60(7,8)9)59(76)70-32-47(71)30-52(70)58(75)64-39(5)41-11-17-44(18-12-41)54-40(6)62-35-80-54/h11-18,27-29,33,35,39,46-47,52,55,71H,10,19-26,30-32,34H2,1-9H3,(H,61,73)(H,63,74)(H,64,75)(H,65,72)/t39-,47+,52-,55?/m0/s1. The number of nitrogens with zero attached hydrogens (tertiary/aromatic N) is 6. The van der Waals surface area contributed by atoms with Crippen LogP contribution in [0.3, 0.4) is 0 Å². The molecule has 2 aliphatic heterocycles. The summed E-state index contributed by atoms with van der Waals surface area (Å²) in [6.07, 6.45) is 2.81. The highest BCUT2D eigenvalue weighted by atomic mass is 32.1. The van der Waals surface area contributed by atoms with Crippen LogP contribution in [0.1, 0.15) is 104 Å². The normalized spacial score (nSPS) is 16.6. The SMILES string of the molecule is CCN(c1cc(-c2ccc(-c3cn(CCOCCOCC(=O)NC(C(=O)N4C[C@H](O)C[C@H]4C(=O)N[C@@H](C)c4ccc(-c5scnc5C)cc4)C(C)(C)C)nn3)cc2)cc(C(=O)NCc2c(C)cc(C)[nH]c2=O)c1C)C1CCOCC1. The van der Waals surface area contributed by atoms with Crippen molar-refractivity contribution in [2.75, 3.05) is 57.6 Å². The maximum atomic E-state index is 14.1. The summed E-state index contributed by atoms with van der Waals surface area (Å²) in [6, 6.07) is 19.9. The van der Waals surface area contributed by atoms with Crippen molar-refractivity contribution in [1.29, 1.82) is 0 Å². The van der Waals surface area contributed by atoms with Crippen molar-refractivity contribution < 1.29 is 38.5 Å². The number of aliphatic hydroxyl groups is 1. The number of hydrogen-bond donors (Lipinski definition) is 5. The lowest BCUT2D eigenvalue weighted by Crippen LogP contribution is -2.58. The van der Waals surface area contributed by atoms with Crippen LogP contribution in [0.4, 0.5) is 5.69 Å². The van der Waals surface area contributed by atoms with E-state index >= 15 is 0 Å². The Bertz CT molecular complexity index is 3180. The van der Waals surface area contributed by atoms with Gasteiger partial charge in [-0.05, 0) is 111 Å². The largest absolute Gasteiger partial charge is 0.391 e. The third kappa shape index (κ3) is 14.4. The van der Waals surface area contributed by atoms with Crippen LogP contribution in [-0.4, -0.2) is 136 Å². The summed E-state index contributed by atoms with van der Waals surface area (Å²) in [4.78, 5) is 79.9. The Hall–Kier alpha value is -7.10. The number of anilines is 1. The molecule has 0 saturated carbocycles. The van der Waals surface area contributed by atoms with Crippen LogP contribution in [0.2, 0.25) is 0 Å². The molecule has 3 aromatic heterocycles. The van der Waals surface area contributed by atoms with Gasteiger partial charge in [0.15, 0.2) is 0 Å². The molecule has 80 heavy (non-hydrogen) atoms. The monoisotopic (exact) mass is 1110 g/mol. The molecule has 0 aliphatic carbocycles. The molecule has 2 fully saturated rings. The fourth-order valence-corrected chi connectivity index (χ4v) is 11.3. The summed E-state index contributed by atoms with van der Waals surface area (Å²) in [7, 11) is 0. The molecular weight excluding hydrogens is 1040 g/mol. The third-order valence-corrected chi connectivity index (χ3v) is 16.0. The number of likely N-dealkylation sites (tertiary alicyclic amines) is 1. The second-order valence-corrected chi connectivity index (χ2v) is 22.8. The average molecular weight is 1110 g/mol. The summed E-state index contributed by atoms with van der Waals surface area (Å²) in [5, 5.41) is 28.3. The van der Waals surface area contributed by atoms with Crippen molar-refractivity contribution in [1.82, 2.24) is 45.8 Å². The van der Waals surface area contributed by atoms with Crippen LogP contribution in [0.5, 0.6) is 0 Å². The molecule has 1 unspecified atom stereocenters. The van der Waals surface area contributed by atoms with E-state index in [0.29, 0.717) is 43.2 Å². The van der Waals surface area contributed by atoms with E-state index in [1.165, 1.54) is 4.90 Å². The van der Waals surface area contributed by atoms with Gasteiger partial charge in [-0.3, -0.25) is 24.0 Å². The van der Waals surface area contributed by atoms with Gasteiger partial charge in [0.05, 0.1) is 60.8 Å². The van der Waals surface area contributed by atoms with Crippen LogP contribution in [0.25, 0.3) is 32.8 Å². The zero-order chi connectivity index (χ0) is 57.3. The van der Waals surface area contributed by atoms with Crippen molar-refractivity contribution >= 4 is 40.7 Å². The highest BCUT2D eigenvalue weighted by Crippen LogP contribution is 2.35. The lowest BCUT2D eigenvalue weighted by molar-refractivity contribution is -0.144. The van der Waals surface area contributed by atoms with E-state index in [-0.39, 0.29) is 68.8 Å². The molecule has 0 spiro atoms. The van der Waals surface area contributed by atoms with Gasteiger partial charge >= 0.3 is 0 Å². The van der Waals surface area contributed by atoms with Crippen LogP contribution in [-0.2, 0) is 41.7 Å². The van der Waals surface area contributed by atoms with Crippen LogP contribution >= 0.6 is 11.3 Å². The van der Waals surface area contributed by atoms with Crippen LogP contribution in [0.15, 0.2) is 83.2 Å². The number of aliphatic hydroxyl groups excluding tert-OH is 1. The molecule has 19 nitrogen and oxygen atoms in total. The average Bonchev–Trinajstić information content (AvgIpc) is 4.22. The maximum Gasteiger partial charge on any atom is 0.253 e. The number of aromatic nitrogens is 5. The molecule has 20 heteroatoms. The summed E-state index contributed by atoms with van der Waals surface area (Å²) in [5.41, 5.74) is 11.6. The number of aromatic amines is 1. The first kappa shape index (κ1) is 59.0. The van der Waals surface area contributed by atoms with Gasteiger partial charge < -0.3 is 50.1 Å². The molecule has 4 atom stereocenters. The summed E-state index contributed by atoms with van der Waals surface area (Å²) >= 11 is 1.57. The molecule has 5 heterocycles. The van der Waals surface area contributed by atoms with Gasteiger partial charge in [0.25, 0.3) is 11.5 Å². The second-order valence-electron chi connectivity index (χ2n) is 21.9. The molecular formula is C60H76N10O9S. The van der Waals surface area contributed by atoms with Crippen LogP contribution in [0, 0.1) is 33.1 Å². The smallest absolute Gasteiger partial charge is 0.253 e. The van der Waals surface area contributed by atoms with Crippen LogP contribution < -0.4 is 26.4 Å². The van der Waals surface area contributed by atoms with E-state index in [4.69, 9.17) is 14.2 Å². The first-order chi connectivity index (χ1) is 38.3. The number of benzene rings is 3. The number of hydrogen-bond acceptors (Lipinski definition) is 14. The Labute approximate surface area is 471 Å². The van der Waals surface area contributed by atoms with Gasteiger partial charge in [0, 0.05) is 73.4 Å². The van der Waals surface area contributed by atoms with Crippen molar-refractivity contribution in [2.24, 2.45) is 5.41 Å². The van der Waals surface area contributed by atoms with Gasteiger partial charge in [-0.2, -0.15) is 0 Å². The number of aryl methyl sites for hydroxylation is 3. The van der Waals surface area contributed by atoms with Crippen molar-refractivity contribution in [3.8, 4) is 32.8 Å². The lowest BCUT2D eigenvalue weighted by Gasteiger charge is -2.37. The fourth-order valence-electron chi connectivity index (χ4n) is 10.5. The summed E-state index contributed by atoms with van der Waals surface area (Å²) in [5.74, 6) is -1.60. The molecule has 0 bridgehead atoms. The molecule has 4 amide bonds. The van der Waals surface area contributed by atoms with E-state index in [2.05, 4.69) is 54.1 Å². The van der Waals surface area contributed by atoms with E-state index in [0.717, 1.165) is 80.3 Å². The minimum Gasteiger partial charge on any atom is -0.391 e. The lowest BCUT2D eigenvalue weighted by atomic mass is 9.85. The molecule has 5 N–H and O–H groups in total. The minimum atomic E-state index is -0.995. The quantitative estimate of drug-likeness (QED) is 0.0432. The second kappa shape index (κ2) is 26.4. The number of amides is 4. The predicted octanol–water partition coefficient (Wildman–Crippen LogP) is 7.00. The maximum absolute atomic E-state index is 14.1. The van der Waals surface area contributed by atoms with E-state index < -0.39 is 35.4 Å². The number of nitrogens with one attached hydrogen (secondary N) is 4. The number of H-pyrrole nitrogens is 1. The zero-order valence-electron chi connectivity index (χ0n) is 47.4. The molecule has 6 aromatic rings. The number of pyridine rings is 1. The number of carbonyl (C=O) groups is 4. The number of thiazole rings is 1. The van der Waals surface area contributed by atoms with Crippen molar-refractivity contribution in [3.05, 3.63) is 128 Å². The highest BCUT2D eigenvalue weighted by Gasteiger charge is 2.45. The molecule has 426 valence electrons. The number of ether oxygens (including phenoxy) is 3. The molecule has 0 radical (unpaired) electrons. The molecule has 2 saturated heterocycles. The summed E-state index contributed by atoms with van der Waals surface area (Å²) in [6.45, 7) is 20.1. The van der Waals surface area contributed by atoms with E-state index in [9.17, 15) is 29.1 Å². The van der Waals surface area contributed by atoms with Crippen molar-refractivity contribution in [3.63, 3.8) is 0 Å². The Morgan fingerprint density at radius 1 is 0.912 bits per heavy atom. The molecule has 3 aromatic carbocycles. The first-order valence-corrected chi connectivity index (χ1v) is 28.4. The van der Waals surface area contributed by atoms with Crippen molar-refractivity contribution in [2.45, 2.75) is 125 Å². The van der Waals surface area contributed by atoms with E-state index in [1.54, 1.807) is 16.0 Å². The van der Waals surface area contributed by atoms with Gasteiger partial charge in [0.1, 0.15) is 24.4 Å². The van der Waals surface area contributed by atoms with Gasteiger partial charge in [-0.25, -0.2) is 9.67 Å². The third-order valence-electron chi connectivity index (χ3n) is 15.0. The van der Waals surface area contributed by atoms with Gasteiger partial charge in [-0.1, -0.05) is 74.5 Å². The number of β-amino-alcohol motifs (C(OH)–C–C–N with tert-alkyl or cyclic N) is 1. The Balaban J connectivity index is 0.811. The number of carbonyl (C=O) groups excluding carboxylic acids is 4. The first-order valence-electron chi connectivity index (χ1n) is 27.5.